The number of rotatable bonds is 1. The van der Waals surface area contributed by atoms with Crippen LogP contribution in [0.2, 0.25) is 0 Å². The fraction of sp³-hybridized carbons (Fsp3) is 0. The van der Waals surface area contributed by atoms with E-state index in [1.807, 2.05) is 12.4 Å². The van der Waals surface area contributed by atoms with Crippen LogP contribution in [-0.2, 0) is 0 Å². The van der Waals surface area contributed by atoms with Gasteiger partial charge in [0, 0.05) is 28.6 Å². The minimum Gasteiger partial charge on any atom is -0.322 e. The summed E-state index contributed by atoms with van der Waals surface area (Å²) in [7, 11) is 0. The number of nitrogens with zero attached hydrogens (tertiary/aromatic N) is 3. The summed E-state index contributed by atoms with van der Waals surface area (Å²) in [6.45, 7) is 0. The van der Waals surface area contributed by atoms with Gasteiger partial charge in [-0.05, 0) is 68.0 Å². The third-order valence-corrected chi connectivity index (χ3v) is 6.29. The lowest BCUT2D eigenvalue weighted by Crippen LogP contribution is -1.93. The molecule has 0 unspecified atom stereocenters. The molecule has 0 aliphatic rings. The highest BCUT2D eigenvalue weighted by Gasteiger charge is 2.12. The monoisotopic (exact) mass is 395 g/mol. The molecule has 31 heavy (non-hydrogen) atoms. The molecule has 2 aromatic heterocycles. The van der Waals surface area contributed by atoms with Crippen molar-refractivity contribution in [2.75, 3.05) is 0 Å². The Balaban J connectivity index is 1.67. The number of hydrogen-bond donors (Lipinski definition) is 0. The van der Waals surface area contributed by atoms with E-state index in [9.17, 15) is 0 Å². The van der Waals surface area contributed by atoms with Crippen molar-refractivity contribution in [1.29, 1.82) is 0 Å². The van der Waals surface area contributed by atoms with Crippen LogP contribution in [0.4, 0.5) is 0 Å². The number of fused-ring (bicyclic) bond motifs is 6. The van der Waals surface area contributed by atoms with Crippen LogP contribution in [0.25, 0.3) is 59.5 Å². The minimum absolute atomic E-state index is 1.09. The topological polar surface area (TPSA) is 30.7 Å². The summed E-state index contributed by atoms with van der Waals surface area (Å²) in [6.07, 6.45) is 7.91. The molecule has 0 aliphatic heterocycles. The number of benzene rings is 5. The molecule has 2 heterocycles. The van der Waals surface area contributed by atoms with Gasteiger partial charge in [-0.2, -0.15) is 10.2 Å². The second kappa shape index (κ2) is 6.13. The normalized spacial score (nSPS) is 11.9. The average molecular weight is 395 g/mol. The lowest BCUT2D eigenvalue weighted by atomic mass is 9.94. The van der Waals surface area contributed by atoms with E-state index in [0.29, 0.717) is 0 Å². The summed E-state index contributed by atoms with van der Waals surface area (Å²) in [5, 5.41) is 20.3. The molecule has 0 spiro atoms. The largest absolute Gasteiger partial charge is 0.322 e. The first-order valence-corrected chi connectivity index (χ1v) is 10.4. The molecule has 0 amide bonds. The molecule has 0 saturated carbocycles. The smallest absolute Gasteiger partial charge is 0.0590 e. The van der Waals surface area contributed by atoms with Gasteiger partial charge in [-0.3, -0.25) is 0 Å². The van der Waals surface area contributed by atoms with Crippen molar-refractivity contribution in [2.24, 2.45) is 0 Å². The molecule has 0 atom stereocenters. The number of aromatic nitrogens is 3. The Morgan fingerprint density at radius 2 is 0.968 bits per heavy atom. The first-order chi connectivity index (χ1) is 15.3. The fourth-order valence-electron chi connectivity index (χ4n) is 4.76. The van der Waals surface area contributed by atoms with Gasteiger partial charge in [-0.15, -0.1) is 0 Å². The Morgan fingerprint density at radius 3 is 1.58 bits per heavy atom. The van der Waals surface area contributed by atoms with Gasteiger partial charge in [0.15, 0.2) is 0 Å². The van der Waals surface area contributed by atoms with Crippen LogP contribution in [0.5, 0.6) is 0 Å². The lowest BCUT2D eigenvalue weighted by molar-refractivity contribution is 1.05. The van der Waals surface area contributed by atoms with E-state index >= 15 is 0 Å². The van der Waals surface area contributed by atoms with E-state index in [1.54, 1.807) is 0 Å². The van der Waals surface area contributed by atoms with E-state index in [2.05, 4.69) is 106 Å². The summed E-state index contributed by atoms with van der Waals surface area (Å²) in [5.41, 5.74) is 1.17. The molecule has 7 rings (SSSR count). The van der Waals surface area contributed by atoms with Crippen LogP contribution in [0, 0.1) is 0 Å². The zero-order chi connectivity index (χ0) is 20.4. The molecule has 144 valence electrons. The van der Waals surface area contributed by atoms with E-state index in [1.165, 1.54) is 48.8 Å². The Hall–Kier alpha value is -4.24. The summed E-state index contributed by atoms with van der Waals surface area (Å²) < 4.78 is 2.21. The van der Waals surface area contributed by atoms with Crippen LogP contribution in [0.1, 0.15) is 0 Å². The van der Waals surface area contributed by atoms with E-state index in [-0.39, 0.29) is 0 Å². The van der Waals surface area contributed by atoms with E-state index in [4.69, 9.17) is 0 Å². The van der Waals surface area contributed by atoms with Crippen molar-refractivity contribution in [3.05, 3.63) is 104 Å². The predicted molar refractivity (Wildman–Crippen MR) is 129 cm³/mol. The van der Waals surface area contributed by atoms with E-state index < -0.39 is 0 Å². The summed E-state index contributed by atoms with van der Waals surface area (Å²) in [5.74, 6) is 0. The first kappa shape index (κ1) is 16.5. The van der Waals surface area contributed by atoms with Crippen molar-refractivity contribution in [2.45, 2.75) is 0 Å². The zero-order valence-electron chi connectivity index (χ0n) is 16.7. The van der Waals surface area contributed by atoms with Crippen molar-refractivity contribution in [3.63, 3.8) is 0 Å². The number of hydrogen-bond acceptors (Lipinski definition) is 2. The first-order valence-electron chi connectivity index (χ1n) is 10.4. The predicted octanol–water partition coefficient (Wildman–Crippen LogP) is 7.03. The van der Waals surface area contributed by atoms with Crippen molar-refractivity contribution in [3.8, 4) is 5.69 Å². The van der Waals surface area contributed by atoms with Crippen molar-refractivity contribution < 1.29 is 0 Å². The maximum absolute atomic E-state index is 4.04. The average Bonchev–Trinajstić information content (AvgIpc) is 3.25. The van der Waals surface area contributed by atoms with Crippen LogP contribution in [0.3, 0.4) is 0 Å². The highest BCUT2D eigenvalue weighted by atomic mass is 15.1. The maximum atomic E-state index is 4.04. The molecule has 0 N–H and O–H groups in total. The van der Waals surface area contributed by atoms with Crippen LogP contribution in [0.15, 0.2) is 104 Å². The molecule has 0 aliphatic carbocycles. The molecule has 7 aromatic rings. The van der Waals surface area contributed by atoms with Crippen molar-refractivity contribution >= 4 is 53.9 Å². The molecule has 0 saturated heterocycles. The summed E-state index contributed by atoms with van der Waals surface area (Å²) >= 11 is 0. The van der Waals surface area contributed by atoms with Gasteiger partial charge in [0.25, 0.3) is 0 Å². The third kappa shape index (κ3) is 2.47. The van der Waals surface area contributed by atoms with Crippen molar-refractivity contribution in [1.82, 2.24) is 14.8 Å². The molecule has 5 aromatic carbocycles. The molecular formula is C28H17N3. The second-order valence-electron chi connectivity index (χ2n) is 8.13. The standard InChI is InChI=1S/C28H17N3/c1-2-6-19-10-25-22(9-18(19)5-1)13-28(31-16-23-14-29-30-15-24(23)17-31)27-12-21-8-4-3-7-20(21)11-26(25)27/h1-17H. The van der Waals surface area contributed by atoms with Crippen LogP contribution in [-0.4, -0.2) is 14.8 Å². The van der Waals surface area contributed by atoms with Crippen LogP contribution >= 0.6 is 0 Å². The minimum atomic E-state index is 1.09. The Labute approximate surface area is 178 Å². The summed E-state index contributed by atoms with van der Waals surface area (Å²) in [6, 6.07) is 28.7. The molecule has 3 nitrogen and oxygen atoms in total. The highest BCUT2D eigenvalue weighted by molar-refractivity contribution is 6.18. The van der Waals surface area contributed by atoms with Gasteiger partial charge in [0.05, 0.1) is 18.1 Å². The third-order valence-electron chi connectivity index (χ3n) is 6.29. The molecule has 0 bridgehead atoms. The summed E-state index contributed by atoms with van der Waals surface area (Å²) in [4.78, 5) is 0. The Morgan fingerprint density at radius 1 is 0.452 bits per heavy atom. The second-order valence-corrected chi connectivity index (χ2v) is 8.13. The molecule has 0 fully saturated rings. The van der Waals surface area contributed by atoms with Crippen LogP contribution < -0.4 is 0 Å². The molecule has 0 radical (unpaired) electrons. The van der Waals surface area contributed by atoms with Gasteiger partial charge in [-0.25, -0.2) is 0 Å². The fourth-order valence-corrected chi connectivity index (χ4v) is 4.76. The SMILES string of the molecule is c1ccc2cc3c(cc(-n4cc5cnncc5c4)c4cc5ccccc5cc43)cc2c1. The van der Waals surface area contributed by atoms with Gasteiger partial charge in [-0.1, -0.05) is 48.5 Å². The van der Waals surface area contributed by atoms with Gasteiger partial charge in [0.2, 0.25) is 0 Å². The Kier molecular flexibility index (Phi) is 3.27. The maximum Gasteiger partial charge on any atom is 0.0590 e. The van der Waals surface area contributed by atoms with Gasteiger partial charge < -0.3 is 4.57 Å². The molecular weight excluding hydrogens is 378 g/mol. The lowest BCUT2D eigenvalue weighted by Gasteiger charge is -2.14. The van der Waals surface area contributed by atoms with Gasteiger partial charge in [0.1, 0.15) is 0 Å². The Bertz CT molecular complexity index is 1760. The van der Waals surface area contributed by atoms with E-state index in [0.717, 1.165) is 10.8 Å². The van der Waals surface area contributed by atoms with Gasteiger partial charge >= 0.3 is 0 Å². The quantitative estimate of drug-likeness (QED) is 0.221. The zero-order valence-corrected chi connectivity index (χ0v) is 16.7. The highest BCUT2D eigenvalue weighted by Crippen LogP contribution is 2.36. The molecule has 3 heteroatoms.